The molecule has 8 heteroatoms. The van der Waals surface area contributed by atoms with Crippen molar-refractivity contribution in [3.05, 3.63) is 71.8 Å². The summed E-state index contributed by atoms with van der Waals surface area (Å²) >= 11 is 0. The van der Waals surface area contributed by atoms with E-state index in [0.717, 1.165) is 10.6 Å². The van der Waals surface area contributed by atoms with Gasteiger partial charge < -0.3 is 9.84 Å². The summed E-state index contributed by atoms with van der Waals surface area (Å²) < 4.78 is 5.31. The van der Waals surface area contributed by atoms with Gasteiger partial charge in [0.2, 0.25) is 0 Å². The number of hydrazine groups is 1. The lowest BCUT2D eigenvalue weighted by atomic mass is 10.1. The van der Waals surface area contributed by atoms with Crippen molar-refractivity contribution in [1.82, 2.24) is 9.91 Å². The van der Waals surface area contributed by atoms with Gasteiger partial charge in [0.15, 0.2) is 0 Å². The predicted molar refractivity (Wildman–Crippen MR) is 111 cm³/mol. The van der Waals surface area contributed by atoms with Gasteiger partial charge >= 0.3 is 18.1 Å². The third-order valence-corrected chi connectivity index (χ3v) is 4.11. The number of imide groups is 1. The van der Waals surface area contributed by atoms with Gasteiger partial charge in [-0.2, -0.15) is 0 Å². The summed E-state index contributed by atoms with van der Waals surface area (Å²) in [6.07, 6.45) is -1.15. The molecule has 0 saturated carbocycles. The van der Waals surface area contributed by atoms with Crippen LogP contribution in [0.4, 0.5) is 9.59 Å². The molecule has 1 atom stereocenters. The summed E-state index contributed by atoms with van der Waals surface area (Å²) in [7, 11) is 0. The van der Waals surface area contributed by atoms with Crippen LogP contribution in [0.3, 0.4) is 0 Å². The number of benzene rings is 2. The van der Waals surface area contributed by atoms with Crippen molar-refractivity contribution < 1.29 is 24.2 Å². The molecule has 0 spiro atoms. The first kappa shape index (κ1) is 22.9. The minimum absolute atomic E-state index is 0.00333. The van der Waals surface area contributed by atoms with Crippen LogP contribution in [0, 0.1) is 0 Å². The predicted octanol–water partition coefficient (Wildman–Crippen LogP) is 3.42. The van der Waals surface area contributed by atoms with E-state index in [-0.39, 0.29) is 13.0 Å². The van der Waals surface area contributed by atoms with Crippen molar-refractivity contribution in [1.29, 1.82) is 0 Å². The van der Waals surface area contributed by atoms with Crippen LogP contribution < -0.4 is 5.84 Å². The first-order valence-corrected chi connectivity index (χ1v) is 9.47. The van der Waals surface area contributed by atoms with Crippen LogP contribution in [0.15, 0.2) is 60.7 Å². The van der Waals surface area contributed by atoms with Gasteiger partial charge in [0.25, 0.3) is 0 Å². The number of amides is 3. The van der Waals surface area contributed by atoms with Crippen molar-refractivity contribution >= 4 is 18.1 Å². The van der Waals surface area contributed by atoms with E-state index in [1.807, 2.05) is 6.07 Å². The van der Waals surface area contributed by atoms with Gasteiger partial charge in [-0.05, 0) is 31.9 Å². The molecular weight excluding hydrogens is 386 g/mol. The lowest BCUT2D eigenvalue weighted by Gasteiger charge is -2.32. The van der Waals surface area contributed by atoms with Gasteiger partial charge in [-0.1, -0.05) is 60.7 Å². The summed E-state index contributed by atoms with van der Waals surface area (Å²) in [5, 5.41) is 10.6. The van der Waals surface area contributed by atoms with E-state index in [0.29, 0.717) is 10.5 Å². The number of hydrogen-bond donors (Lipinski definition) is 2. The molecule has 0 aromatic heterocycles. The van der Waals surface area contributed by atoms with Gasteiger partial charge in [0, 0.05) is 6.42 Å². The van der Waals surface area contributed by atoms with Crippen LogP contribution in [-0.2, 0) is 22.5 Å². The molecule has 0 unspecified atom stereocenters. The third-order valence-electron chi connectivity index (χ3n) is 4.11. The highest BCUT2D eigenvalue weighted by molar-refractivity contribution is 5.95. The molecule has 3 amide bonds. The third kappa shape index (κ3) is 6.59. The van der Waals surface area contributed by atoms with Crippen LogP contribution in [0.25, 0.3) is 0 Å². The molecule has 2 aromatic rings. The largest absolute Gasteiger partial charge is 0.480 e. The summed E-state index contributed by atoms with van der Waals surface area (Å²) in [6, 6.07) is 15.2. The average Bonchev–Trinajstić information content (AvgIpc) is 2.67. The maximum Gasteiger partial charge on any atom is 0.419 e. The zero-order valence-corrected chi connectivity index (χ0v) is 17.3. The molecule has 3 N–H and O–H groups in total. The molecule has 0 fully saturated rings. The molecule has 30 heavy (non-hydrogen) atoms. The number of ether oxygens (including phenoxy) is 1. The lowest BCUT2D eigenvalue weighted by molar-refractivity contribution is -0.142. The molecule has 0 heterocycles. The molecule has 160 valence electrons. The lowest BCUT2D eigenvalue weighted by Crippen LogP contribution is -2.57. The van der Waals surface area contributed by atoms with Gasteiger partial charge in [0.05, 0.1) is 6.54 Å². The standard InChI is InChI=1S/C22H27N3O5/c1-22(2,3)30-21(29)25(18(19(26)27)14-16-10-6-4-7-11-16)20(28)24(23)15-17-12-8-5-9-13-17/h4-13,18H,14-15,23H2,1-3H3,(H,26,27)/t18-/m0/s1. The summed E-state index contributed by atoms with van der Waals surface area (Å²) in [5.74, 6) is 4.58. The summed E-state index contributed by atoms with van der Waals surface area (Å²) in [5.41, 5.74) is 0.454. The Morgan fingerprint density at radius 1 is 0.967 bits per heavy atom. The topological polar surface area (TPSA) is 113 Å². The fourth-order valence-corrected chi connectivity index (χ4v) is 2.76. The minimum atomic E-state index is -1.49. The normalized spacial score (nSPS) is 12.0. The van der Waals surface area contributed by atoms with E-state index in [2.05, 4.69) is 0 Å². The zero-order valence-electron chi connectivity index (χ0n) is 17.3. The van der Waals surface area contributed by atoms with Crippen molar-refractivity contribution in [3.63, 3.8) is 0 Å². The van der Waals surface area contributed by atoms with E-state index in [4.69, 9.17) is 10.6 Å². The van der Waals surface area contributed by atoms with E-state index in [1.165, 1.54) is 0 Å². The number of carboxylic acid groups (broad SMARTS) is 1. The van der Waals surface area contributed by atoms with Crippen LogP contribution in [0.5, 0.6) is 0 Å². The quantitative estimate of drug-likeness (QED) is 0.426. The number of nitrogens with zero attached hydrogens (tertiary/aromatic N) is 2. The van der Waals surface area contributed by atoms with Crippen molar-refractivity contribution in [2.45, 2.75) is 45.4 Å². The maximum absolute atomic E-state index is 13.1. The monoisotopic (exact) mass is 413 g/mol. The second kappa shape index (κ2) is 9.89. The number of carbonyl (C=O) groups is 3. The van der Waals surface area contributed by atoms with E-state index < -0.39 is 29.7 Å². The number of rotatable bonds is 6. The molecule has 0 aliphatic heterocycles. The van der Waals surface area contributed by atoms with Crippen molar-refractivity contribution in [2.75, 3.05) is 0 Å². The number of aliphatic carboxylic acids is 1. The Labute approximate surface area is 175 Å². The van der Waals surface area contributed by atoms with E-state index in [1.54, 1.807) is 75.4 Å². The van der Waals surface area contributed by atoms with Gasteiger partial charge in [0.1, 0.15) is 11.6 Å². The van der Waals surface area contributed by atoms with E-state index >= 15 is 0 Å². The zero-order chi connectivity index (χ0) is 22.3. The Morgan fingerprint density at radius 2 is 1.47 bits per heavy atom. The molecule has 0 bridgehead atoms. The molecular formula is C22H27N3O5. The van der Waals surface area contributed by atoms with Crippen molar-refractivity contribution in [3.8, 4) is 0 Å². The maximum atomic E-state index is 13.1. The highest BCUT2D eigenvalue weighted by Crippen LogP contribution is 2.18. The molecule has 0 aliphatic rings. The van der Waals surface area contributed by atoms with Crippen LogP contribution in [0.2, 0.25) is 0 Å². The van der Waals surface area contributed by atoms with Gasteiger partial charge in [-0.3, -0.25) is 5.01 Å². The molecule has 2 aromatic carbocycles. The second-order valence-electron chi connectivity index (χ2n) is 7.79. The SMILES string of the molecule is CC(C)(C)OC(=O)N(C(=O)N(N)Cc1ccccc1)[C@@H](Cc1ccccc1)C(=O)O. The van der Waals surface area contributed by atoms with Gasteiger partial charge in [-0.25, -0.2) is 25.1 Å². The molecule has 0 radical (unpaired) electrons. The number of carboxylic acids is 1. The Balaban J connectivity index is 2.34. The first-order valence-electron chi connectivity index (χ1n) is 9.47. The fourth-order valence-electron chi connectivity index (χ4n) is 2.76. The second-order valence-corrected chi connectivity index (χ2v) is 7.79. The number of hydrogen-bond acceptors (Lipinski definition) is 5. The highest BCUT2D eigenvalue weighted by Gasteiger charge is 2.39. The number of urea groups is 1. The first-order chi connectivity index (χ1) is 14.1. The number of carbonyl (C=O) groups excluding carboxylic acids is 2. The Hall–Kier alpha value is -3.39. The molecule has 2 rings (SSSR count). The van der Waals surface area contributed by atoms with E-state index in [9.17, 15) is 19.5 Å². The average molecular weight is 413 g/mol. The number of nitrogens with two attached hydrogens (primary N) is 1. The Bertz CT molecular complexity index is 865. The van der Waals surface area contributed by atoms with Crippen LogP contribution in [0.1, 0.15) is 31.9 Å². The summed E-state index contributed by atoms with van der Waals surface area (Å²) in [6.45, 7) is 4.89. The smallest absolute Gasteiger partial charge is 0.419 e. The fraction of sp³-hybridized carbons (Fsp3) is 0.318. The van der Waals surface area contributed by atoms with Crippen LogP contribution in [-0.4, -0.2) is 44.8 Å². The Kier molecular flexibility index (Phi) is 7.54. The summed E-state index contributed by atoms with van der Waals surface area (Å²) in [4.78, 5) is 38.5. The van der Waals surface area contributed by atoms with Crippen molar-refractivity contribution in [2.24, 2.45) is 5.84 Å². The van der Waals surface area contributed by atoms with Crippen LogP contribution >= 0.6 is 0 Å². The highest BCUT2D eigenvalue weighted by atomic mass is 16.6. The molecule has 0 aliphatic carbocycles. The molecule has 0 saturated heterocycles. The Morgan fingerprint density at radius 3 is 1.93 bits per heavy atom. The van der Waals surface area contributed by atoms with Gasteiger partial charge in [-0.15, -0.1) is 0 Å². The minimum Gasteiger partial charge on any atom is -0.480 e. The molecule has 8 nitrogen and oxygen atoms in total.